The van der Waals surface area contributed by atoms with E-state index in [0.29, 0.717) is 5.56 Å². The SMILES string of the molecule is N=C(N)c1ccc(C(=O)NCC(=O)N2CCN(CC(N)=O)C(=O)[C@@H]2CC(=O)O)cc1. The van der Waals surface area contributed by atoms with Crippen molar-refractivity contribution >= 4 is 35.4 Å². The van der Waals surface area contributed by atoms with Crippen LogP contribution in [0.1, 0.15) is 22.3 Å². The number of rotatable bonds is 8. The number of amides is 4. The number of nitrogen functional groups attached to an aromatic ring is 1. The van der Waals surface area contributed by atoms with Crippen LogP contribution in [0, 0.1) is 5.41 Å². The minimum absolute atomic E-state index is 0.00101. The molecule has 0 saturated carbocycles. The van der Waals surface area contributed by atoms with Crippen molar-refractivity contribution in [2.75, 3.05) is 26.2 Å². The second-order valence-electron chi connectivity index (χ2n) is 6.60. The fourth-order valence-electron chi connectivity index (χ4n) is 3.01. The fraction of sp³-hybridized carbons (Fsp3) is 0.333. The van der Waals surface area contributed by atoms with Gasteiger partial charge in [0.2, 0.25) is 17.7 Å². The third kappa shape index (κ3) is 5.53. The van der Waals surface area contributed by atoms with Crippen LogP contribution in [0.2, 0.25) is 0 Å². The van der Waals surface area contributed by atoms with Crippen molar-refractivity contribution in [3.63, 3.8) is 0 Å². The molecule has 1 heterocycles. The van der Waals surface area contributed by atoms with Gasteiger partial charge in [-0.2, -0.15) is 0 Å². The average Bonchev–Trinajstić information content (AvgIpc) is 2.68. The van der Waals surface area contributed by atoms with Crippen LogP contribution in [0.3, 0.4) is 0 Å². The molecule has 12 nitrogen and oxygen atoms in total. The Morgan fingerprint density at radius 2 is 1.70 bits per heavy atom. The van der Waals surface area contributed by atoms with Gasteiger partial charge < -0.3 is 31.7 Å². The molecule has 2 rings (SSSR count). The van der Waals surface area contributed by atoms with Crippen LogP contribution in [0.4, 0.5) is 0 Å². The molecule has 7 N–H and O–H groups in total. The summed E-state index contributed by atoms with van der Waals surface area (Å²) in [4.78, 5) is 61.7. The first-order valence-corrected chi connectivity index (χ1v) is 8.91. The summed E-state index contributed by atoms with van der Waals surface area (Å²) < 4.78 is 0. The summed E-state index contributed by atoms with van der Waals surface area (Å²) in [5, 5.41) is 18.8. The molecule has 1 atom stereocenters. The zero-order valence-electron chi connectivity index (χ0n) is 16.0. The summed E-state index contributed by atoms with van der Waals surface area (Å²) >= 11 is 0. The smallest absolute Gasteiger partial charge is 0.305 e. The molecule has 0 unspecified atom stereocenters. The summed E-state index contributed by atoms with van der Waals surface area (Å²) in [5.41, 5.74) is 11.1. The molecule has 1 aromatic carbocycles. The standard InChI is InChI=1S/C18H22N6O6/c19-13(25)9-23-5-6-24(12(18(23)30)7-15(27)28)14(26)8-22-17(29)11-3-1-10(2-4-11)16(20)21/h1-4,12H,5-9H2,(H2,19,25)(H3,20,21)(H,22,29)(H,27,28)/t12-/m0/s1. The minimum atomic E-state index is -1.30. The maximum absolute atomic E-state index is 12.6. The fourth-order valence-corrected chi connectivity index (χ4v) is 3.01. The highest BCUT2D eigenvalue weighted by Crippen LogP contribution is 2.15. The van der Waals surface area contributed by atoms with Gasteiger partial charge in [-0.15, -0.1) is 0 Å². The van der Waals surface area contributed by atoms with E-state index in [1.165, 1.54) is 24.3 Å². The van der Waals surface area contributed by atoms with E-state index in [1.807, 2.05) is 0 Å². The number of nitrogens with one attached hydrogen (secondary N) is 2. The van der Waals surface area contributed by atoms with Gasteiger partial charge in [0.1, 0.15) is 11.9 Å². The summed E-state index contributed by atoms with van der Waals surface area (Å²) in [6, 6.07) is 4.55. The molecule has 12 heteroatoms. The van der Waals surface area contributed by atoms with E-state index in [-0.39, 0.29) is 31.0 Å². The largest absolute Gasteiger partial charge is 0.481 e. The van der Waals surface area contributed by atoms with E-state index in [4.69, 9.17) is 22.0 Å². The predicted molar refractivity (Wildman–Crippen MR) is 103 cm³/mol. The Balaban J connectivity index is 2.03. The number of nitrogens with zero attached hydrogens (tertiary/aromatic N) is 2. The second-order valence-corrected chi connectivity index (χ2v) is 6.60. The van der Waals surface area contributed by atoms with Crippen LogP contribution in [0.5, 0.6) is 0 Å². The Hall–Kier alpha value is -3.96. The lowest BCUT2D eigenvalue weighted by Gasteiger charge is -2.39. The molecular formula is C18H22N6O6. The number of aliphatic carboxylic acids is 1. The van der Waals surface area contributed by atoms with Gasteiger partial charge in [-0.25, -0.2) is 0 Å². The van der Waals surface area contributed by atoms with Gasteiger partial charge in [-0.3, -0.25) is 29.4 Å². The van der Waals surface area contributed by atoms with Gasteiger partial charge >= 0.3 is 5.97 Å². The normalized spacial score (nSPS) is 16.1. The number of carboxylic acid groups (broad SMARTS) is 1. The Morgan fingerprint density at radius 1 is 1.10 bits per heavy atom. The van der Waals surface area contributed by atoms with Gasteiger partial charge in [0.25, 0.3) is 5.91 Å². The average molecular weight is 418 g/mol. The van der Waals surface area contributed by atoms with Crippen LogP contribution in [-0.4, -0.2) is 82.6 Å². The minimum Gasteiger partial charge on any atom is -0.481 e. The first-order valence-electron chi connectivity index (χ1n) is 8.91. The van der Waals surface area contributed by atoms with Gasteiger partial charge in [0, 0.05) is 24.2 Å². The van der Waals surface area contributed by atoms with Gasteiger partial charge in [0.15, 0.2) is 0 Å². The molecule has 4 amide bonds. The molecular weight excluding hydrogens is 396 g/mol. The summed E-state index contributed by atoms with van der Waals surface area (Å²) in [5.74, 6) is -4.08. The van der Waals surface area contributed by atoms with Crippen molar-refractivity contribution in [3.05, 3.63) is 35.4 Å². The molecule has 0 spiro atoms. The summed E-state index contributed by atoms with van der Waals surface area (Å²) in [7, 11) is 0. The van der Waals surface area contributed by atoms with Crippen molar-refractivity contribution in [3.8, 4) is 0 Å². The molecule has 1 aliphatic rings. The maximum atomic E-state index is 12.6. The molecule has 0 aliphatic carbocycles. The summed E-state index contributed by atoms with van der Waals surface area (Å²) in [6.45, 7) is -0.806. The highest BCUT2D eigenvalue weighted by atomic mass is 16.4. The van der Waals surface area contributed by atoms with Crippen molar-refractivity contribution in [1.29, 1.82) is 5.41 Å². The van der Waals surface area contributed by atoms with Crippen molar-refractivity contribution < 1.29 is 29.1 Å². The maximum Gasteiger partial charge on any atom is 0.305 e. The van der Waals surface area contributed by atoms with E-state index in [2.05, 4.69) is 5.32 Å². The number of carboxylic acids is 1. The monoisotopic (exact) mass is 418 g/mol. The van der Waals surface area contributed by atoms with E-state index in [9.17, 15) is 24.0 Å². The lowest BCUT2D eigenvalue weighted by molar-refractivity contribution is -0.155. The lowest BCUT2D eigenvalue weighted by atomic mass is 10.1. The quantitative estimate of drug-likeness (QED) is 0.231. The van der Waals surface area contributed by atoms with Crippen molar-refractivity contribution in [2.24, 2.45) is 11.5 Å². The van der Waals surface area contributed by atoms with Crippen LogP contribution in [0.15, 0.2) is 24.3 Å². The van der Waals surface area contributed by atoms with E-state index >= 15 is 0 Å². The molecule has 1 saturated heterocycles. The van der Waals surface area contributed by atoms with Crippen LogP contribution < -0.4 is 16.8 Å². The van der Waals surface area contributed by atoms with E-state index < -0.39 is 48.6 Å². The number of hydrogen-bond acceptors (Lipinski definition) is 6. The van der Waals surface area contributed by atoms with Crippen molar-refractivity contribution in [2.45, 2.75) is 12.5 Å². The van der Waals surface area contributed by atoms with Crippen LogP contribution in [0.25, 0.3) is 0 Å². The predicted octanol–water partition coefficient (Wildman–Crippen LogP) is -2.30. The van der Waals surface area contributed by atoms with Crippen LogP contribution >= 0.6 is 0 Å². The lowest BCUT2D eigenvalue weighted by Crippen LogP contribution is -2.61. The molecule has 160 valence electrons. The molecule has 1 aromatic rings. The number of primary amides is 1. The third-order valence-electron chi connectivity index (χ3n) is 4.48. The summed E-state index contributed by atoms with van der Waals surface area (Å²) in [6.07, 6.45) is -0.639. The van der Waals surface area contributed by atoms with E-state index in [1.54, 1.807) is 0 Å². The Kier molecular flexibility index (Phi) is 7.07. The molecule has 0 radical (unpaired) electrons. The number of carbonyl (C=O) groups is 5. The molecule has 0 aromatic heterocycles. The number of benzene rings is 1. The van der Waals surface area contributed by atoms with Gasteiger partial charge in [0.05, 0.1) is 19.5 Å². The second kappa shape index (κ2) is 9.49. The number of piperazine rings is 1. The van der Waals surface area contributed by atoms with E-state index in [0.717, 1.165) is 9.80 Å². The van der Waals surface area contributed by atoms with Gasteiger partial charge in [-0.1, -0.05) is 12.1 Å². The molecule has 30 heavy (non-hydrogen) atoms. The zero-order valence-corrected chi connectivity index (χ0v) is 16.0. The van der Waals surface area contributed by atoms with Gasteiger partial charge in [-0.05, 0) is 12.1 Å². The number of carbonyl (C=O) groups excluding carboxylic acids is 4. The number of nitrogens with two attached hydrogens (primary N) is 2. The third-order valence-corrected chi connectivity index (χ3v) is 4.48. The first kappa shape index (κ1) is 22.3. The molecule has 0 bridgehead atoms. The molecule has 1 fully saturated rings. The number of amidine groups is 1. The Morgan fingerprint density at radius 3 is 2.23 bits per heavy atom. The number of hydrogen-bond donors (Lipinski definition) is 5. The topological polar surface area (TPSA) is 200 Å². The molecule has 1 aliphatic heterocycles. The Bertz CT molecular complexity index is 884. The highest BCUT2D eigenvalue weighted by molar-refractivity contribution is 6.00. The van der Waals surface area contributed by atoms with Crippen molar-refractivity contribution in [1.82, 2.24) is 15.1 Å². The first-order chi connectivity index (χ1) is 14.1. The van der Waals surface area contributed by atoms with Crippen LogP contribution in [-0.2, 0) is 19.2 Å². The zero-order chi connectivity index (χ0) is 22.4. The highest BCUT2D eigenvalue weighted by Gasteiger charge is 2.39. The Labute approximate surface area is 171 Å².